The van der Waals surface area contributed by atoms with Gasteiger partial charge in [-0.05, 0) is 79.1 Å². The van der Waals surface area contributed by atoms with Crippen molar-refractivity contribution in [2.75, 3.05) is 48.7 Å². The molecule has 0 aromatic heterocycles. The highest BCUT2D eigenvalue weighted by Crippen LogP contribution is 2.25. The first kappa shape index (κ1) is 24.1. The van der Waals surface area contributed by atoms with E-state index in [1.165, 1.54) is 23.5 Å². The Morgan fingerprint density at radius 1 is 0.882 bits per heavy atom. The minimum Gasteiger partial charge on any atom is -0.368 e. The van der Waals surface area contributed by atoms with Crippen molar-refractivity contribution in [3.8, 4) is 0 Å². The van der Waals surface area contributed by atoms with Crippen LogP contribution in [0.2, 0.25) is 0 Å². The summed E-state index contributed by atoms with van der Waals surface area (Å²) in [4.78, 5) is 18.1. The molecule has 1 heterocycles. The standard InChI is InChI=1S/C25H26FN3O3S2/c1-27(34(31,32)24-13-11-23(33-2)12-14-24)21-7-3-19(4-8-21)25(30)29-17-15-28(16-18-29)22-9-5-20(26)6-10-22/h3-14H,15-18H2,1-2H3. The van der Waals surface area contributed by atoms with Gasteiger partial charge in [0.2, 0.25) is 0 Å². The van der Waals surface area contributed by atoms with Crippen LogP contribution in [0.3, 0.4) is 0 Å². The van der Waals surface area contributed by atoms with E-state index in [0.29, 0.717) is 37.4 Å². The molecule has 1 fully saturated rings. The first-order valence-electron chi connectivity index (χ1n) is 10.8. The van der Waals surface area contributed by atoms with Gasteiger partial charge in [0.15, 0.2) is 0 Å². The molecule has 0 N–H and O–H groups in total. The number of carbonyl (C=O) groups excluding carboxylic acids is 1. The molecule has 1 aliphatic rings. The van der Waals surface area contributed by atoms with Crippen LogP contribution in [0, 0.1) is 5.82 Å². The molecule has 0 bridgehead atoms. The number of anilines is 2. The molecule has 0 aliphatic carbocycles. The zero-order valence-corrected chi connectivity index (χ0v) is 20.7. The molecular formula is C25H26FN3O3S2. The number of thioether (sulfide) groups is 1. The van der Waals surface area contributed by atoms with Gasteiger partial charge in [-0.2, -0.15) is 0 Å². The summed E-state index contributed by atoms with van der Waals surface area (Å²) in [5.41, 5.74) is 1.92. The van der Waals surface area contributed by atoms with Gasteiger partial charge in [0, 0.05) is 49.4 Å². The summed E-state index contributed by atoms with van der Waals surface area (Å²) in [6.45, 7) is 2.42. The van der Waals surface area contributed by atoms with Crippen LogP contribution in [-0.4, -0.2) is 58.7 Å². The van der Waals surface area contributed by atoms with Gasteiger partial charge in [0.05, 0.1) is 10.6 Å². The molecule has 3 aromatic rings. The smallest absolute Gasteiger partial charge is 0.264 e. The predicted molar refractivity (Wildman–Crippen MR) is 135 cm³/mol. The summed E-state index contributed by atoms with van der Waals surface area (Å²) < 4.78 is 40.3. The molecule has 0 spiro atoms. The lowest BCUT2D eigenvalue weighted by molar-refractivity contribution is 0.0747. The predicted octanol–water partition coefficient (Wildman–Crippen LogP) is 4.34. The minimum atomic E-state index is -3.71. The Bertz CT molecular complexity index is 1240. The molecule has 1 aliphatic heterocycles. The lowest BCUT2D eigenvalue weighted by Crippen LogP contribution is -2.48. The summed E-state index contributed by atoms with van der Waals surface area (Å²) in [5.74, 6) is -0.364. The monoisotopic (exact) mass is 499 g/mol. The number of sulfonamides is 1. The van der Waals surface area contributed by atoms with Crippen molar-refractivity contribution in [3.05, 3.63) is 84.2 Å². The van der Waals surface area contributed by atoms with E-state index >= 15 is 0 Å². The van der Waals surface area contributed by atoms with E-state index in [-0.39, 0.29) is 16.6 Å². The fourth-order valence-electron chi connectivity index (χ4n) is 3.86. The van der Waals surface area contributed by atoms with Gasteiger partial charge in [-0.1, -0.05) is 0 Å². The molecular weight excluding hydrogens is 473 g/mol. The Labute approximate surface area is 204 Å². The third kappa shape index (κ3) is 5.05. The molecule has 3 aromatic carbocycles. The van der Waals surface area contributed by atoms with Crippen molar-refractivity contribution in [1.82, 2.24) is 4.90 Å². The molecule has 0 atom stereocenters. The van der Waals surface area contributed by atoms with Gasteiger partial charge in [-0.3, -0.25) is 9.10 Å². The average molecular weight is 500 g/mol. The van der Waals surface area contributed by atoms with Crippen molar-refractivity contribution >= 4 is 39.1 Å². The van der Waals surface area contributed by atoms with E-state index in [2.05, 4.69) is 4.90 Å². The Morgan fingerprint density at radius 3 is 2.03 bits per heavy atom. The first-order valence-corrected chi connectivity index (χ1v) is 13.5. The van der Waals surface area contributed by atoms with Gasteiger partial charge < -0.3 is 9.80 Å². The molecule has 178 valence electrons. The normalized spacial score (nSPS) is 14.2. The molecule has 1 saturated heterocycles. The molecule has 1 amide bonds. The molecule has 0 unspecified atom stereocenters. The number of hydrogen-bond donors (Lipinski definition) is 0. The summed E-state index contributed by atoms with van der Waals surface area (Å²) in [5, 5.41) is 0. The van der Waals surface area contributed by atoms with Crippen LogP contribution < -0.4 is 9.21 Å². The van der Waals surface area contributed by atoms with Gasteiger partial charge in [0.25, 0.3) is 15.9 Å². The second-order valence-corrected chi connectivity index (χ2v) is 10.8. The van der Waals surface area contributed by atoms with Gasteiger partial charge in [-0.25, -0.2) is 12.8 Å². The highest BCUT2D eigenvalue weighted by atomic mass is 32.2. The van der Waals surface area contributed by atoms with Crippen molar-refractivity contribution in [3.63, 3.8) is 0 Å². The molecule has 6 nitrogen and oxygen atoms in total. The van der Waals surface area contributed by atoms with E-state index in [1.54, 1.807) is 77.3 Å². The molecule has 0 saturated carbocycles. The van der Waals surface area contributed by atoms with Gasteiger partial charge >= 0.3 is 0 Å². The van der Waals surface area contributed by atoms with E-state index in [1.807, 2.05) is 6.26 Å². The topological polar surface area (TPSA) is 60.9 Å². The molecule has 4 rings (SSSR count). The second kappa shape index (κ2) is 10.1. The Kier molecular flexibility index (Phi) is 7.13. The third-order valence-corrected chi connectivity index (χ3v) is 8.50. The number of hydrogen-bond acceptors (Lipinski definition) is 5. The maximum atomic E-state index is 13.2. The van der Waals surface area contributed by atoms with E-state index in [4.69, 9.17) is 0 Å². The molecule has 0 radical (unpaired) electrons. The van der Waals surface area contributed by atoms with Gasteiger partial charge in [0.1, 0.15) is 5.82 Å². The second-order valence-electron chi connectivity index (χ2n) is 7.95. The first-order chi connectivity index (χ1) is 16.3. The van der Waals surface area contributed by atoms with E-state index < -0.39 is 10.0 Å². The zero-order chi connectivity index (χ0) is 24.3. The average Bonchev–Trinajstić information content (AvgIpc) is 2.88. The third-order valence-electron chi connectivity index (χ3n) is 5.95. The fraction of sp³-hybridized carbons (Fsp3) is 0.240. The van der Waals surface area contributed by atoms with Crippen molar-refractivity contribution in [2.45, 2.75) is 9.79 Å². The number of halogens is 1. The van der Waals surface area contributed by atoms with Crippen LogP contribution in [-0.2, 0) is 10.0 Å². The summed E-state index contributed by atoms with van der Waals surface area (Å²) in [7, 11) is -2.20. The lowest BCUT2D eigenvalue weighted by atomic mass is 10.1. The highest BCUT2D eigenvalue weighted by Gasteiger charge is 2.24. The quantitative estimate of drug-likeness (QED) is 0.473. The fourth-order valence-corrected chi connectivity index (χ4v) is 5.46. The summed E-state index contributed by atoms with van der Waals surface area (Å²) in [6, 6.07) is 19.7. The lowest BCUT2D eigenvalue weighted by Gasteiger charge is -2.36. The summed E-state index contributed by atoms with van der Waals surface area (Å²) in [6.07, 6.45) is 1.93. The van der Waals surface area contributed by atoms with Crippen molar-refractivity contribution in [1.29, 1.82) is 0 Å². The van der Waals surface area contributed by atoms with Crippen LogP contribution >= 0.6 is 11.8 Å². The highest BCUT2D eigenvalue weighted by molar-refractivity contribution is 7.98. The SMILES string of the molecule is CSc1ccc(S(=O)(=O)N(C)c2ccc(C(=O)N3CCN(c4ccc(F)cc4)CC3)cc2)cc1. The largest absolute Gasteiger partial charge is 0.368 e. The Morgan fingerprint density at radius 2 is 1.47 bits per heavy atom. The van der Waals surface area contributed by atoms with Crippen LogP contribution in [0.25, 0.3) is 0 Å². The van der Waals surface area contributed by atoms with E-state index in [9.17, 15) is 17.6 Å². The molecule has 34 heavy (non-hydrogen) atoms. The summed E-state index contributed by atoms with van der Waals surface area (Å²) >= 11 is 1.55. The van der Waals surface area contributed by atoms with Crippen molar-refractivity contribution in [2.24, 2.45) is 0 Å². The Balaban J connectivity index is 1.40. The van der Waals surface area contributed by atoms with Gasteiger partial charge in [-0.15, -0.1) is 11.8 Å². The van der Waals surface area contributed by atoms with E-state index in [0.717, 1.165) is 10.6 Å². The van der Waals surface area contributed by atoms with Crippen LogP contribution in [0.4, 0.5) is 15.8 Å². The maximum absolute atomic E-state index is 13.2. The van der Waals surface area contributed by atoms with Crippen molar-refractivity contribution < 1.29 is 17.6 Å². The number of carbonyl (C=O) groups is 1. The number of amides is 1. The molecule has 9 heteroatoms. The Hall–Kier alpha value is -3.04. The zero-order valence-electron chi connectivity index (χ0n) is 19.0. The number of benzene rings is 3. The maximum Gasteiger partial charge on any atom is 0.264 e. The van der Waals surface area contributed by atoms with Crippen LogP contribution in [0.5, 0.6) is 0 Å². The van der Waals surface area contributed by atoms with Crippen LogP contribution in [0.1, 0.15) is 10.4 Å². The number of rotatable bonds is 6. The number of piperazine rings is 1. The minimum absolute atomic E-state index is 0.0940. The van der Waals surface area contributed by atoms with Crippen LogP contribution in [0.15, 0.2) is 82.6 Å². The number of nitrogens with zero attached hydrogens (tertiary/aromatic N) is 3.